The maximum absolute atomic E-state index is 4.21. The van der Waals surface area contributed by atoms with Gasteiger partial charge in [-0.25, -0.2) is 0 Å². The van der Waals surface area contributed by atoms with Gasteiger partial charge in [-0.1, -0.05) is 6.92 Å². The van der Waals surface area contributed by atoms with Crippen LogP contribution in [0.25, 0.3) is 0 Å². The van der Waals surface area contributed by atoms with E-state index in [1.165, 1.54) is 11.3 Å². The maximum Gasteiger partial charge on any atom is 0.191 e. The number of aliphatic imine (C=N–C) groups is 1. The second-order valence-electron chi connectivity index (χ2n) is 4.12. The Labute approximate surface area is 132 Å². The van der Waals surface area contributed by atoms with E-state index in [9.17, 15) is 0 Å². The standard InChI is InChI=1S/C11H16BrN3S.HI/c1-7-3-10(7)15-11(13-2)14-5-9-4-8(12)6-16-9;/h4,6-7,10H,3,5H2,1-2H3,(H2,13,14,15);1H. The van der Waals surface area contributed by atoms with E-state index in [2.05, 4.69) is 49.9 Å². The van der Waals surface area contributed by atoms with Crippen LogP contribution < -0.4 is 10.6 Å². The second-order valence-corrected chi connectivity index (χ2v) is 6.03. The Kier molecular flexibility index (Phi) is 6.22. The number of hydrogen-bond acceptors (Lipinski definition) is 2. The van der Waals surface area contributed by atoms with Crippen LogP contribution in [0.4, 0.5) is 0 Å². The quantitative estimate of drug-likeness (QED) is 0.439. The zero-order chi connectivity index (χ0) is 11.5. The molecule has 96 valence electrons. The fourth-order valence-electron chi connectivity index (χ4n) is 1.51. The molecule has 0 aliphatic heterocycles. The first-order valence-corrected chi connectivity index (χ1v) is 7.06. The molecule has 1 aliphatic rings. The molecule has 6 heteroatoms. The van der Waals surface area contributed by atoms with Crippen molar-refractivity contribution in [3.8, 4) is 0 Å². The SMILES string of the molecule is CN=C(NCc1cc(Br)cs1)NC1CC1C.I. The van der Waals surface area contributed by atoms with Gasteiger partial charge in [0.1, 0.15) is 0 Å². The minimum Gasteiger partial charge on any atom is -0.353 e. The van der Waals surface area contributed by atoms with Crippen molar-refractivity contribution in [1.29, 1.82) is 0 Å². The van der Waals surface area contributed by atoms with Crippen LogP contribution in [0.3, 0.4) is 0 Å². The highest BCUT2D eigenvalue weighted by molar-refractivity contribution is 14.0. The summed E-state index contributed by atoms with van der Waals surface area (Å²) >= 11 is 5.20. The number of rotatable bonds is 3. The lowest BCUT2D eigenvalue weighted by atomic mass is 10.4. The summed E-state index contributed by atoms with van der Waals surface area (Å²) in [6.07, 6.45) is 1.26. The molecule has 0 bridgehead atoms. The molecule has 0 radical (unpaired) electrons. The van der Waals surface area contributed by atoms with E-state index in [4.69, 9.17) is 0 Å². The van der Waals surface area contributed by atoms with E-state index in [-0.39, 0.29) is 24.0 Å². The fraction of sp³-hybridized carbons (Fsp3) is 0.545. The van der Waals surface area contributed by atoms with Gasteiger partial charge in [0, 0.05) is 27.8 Å². The second kappa shape index (κ2) is 6.94. The monoisotopic (exact) mass is 429 g/mol. The normalized spacial score (nSPS) is 22.9. The summed E-state index contributed by atoms with van der Waals surface area (Å²) < 4.78 is 1.15. The molecule has 0 spiro atoms. The summed E-state index contributed by atoms with van der Waals surface area (Å²) in [5.41, 5.74) is 0. The minimum absolute atomic E-state index is 0. The first kappa shape index (κ1) is 15.2. The first-order chi connectivity index (χ1) is 7.69. The van der Waals surface area contributed by atoms with Crippen molar-refractivity contribution in [3.05, 3.63) is 20.8 Å². The van der Waals surface area contributed by atoms with E-state index in [0.717, 1.165) is 22.9 Å². The Balaban J connectivity index is 0.00000144. The van der Waals surface area contributed by atoms with Gasteiger partial charge < -0.3 is 10.6 Å². The average Bonchev–Trinajstić information content (AvgIpc) is 2.78. The van der Waals surface area contributed by atoms with Crippen molar-refractivity contribution in [2.24, 2.45) is 10.9 Å². The van der Waals surface area contributed by atoms with Gasteiger partial charge in [-0.05, 0) is 34.3 Å². The fourth-order valence-corrected chi connectivity index (χ4v) is 2.90. The van der Waals surface area contributed by atoms with E-state index in [1.807, 2.05) is 7.05 Å². The summed E-state index contributed by atoms with van der Waals surface area (Å²) in [7, 11) is 1.81. The molecule has 0 aromatic carbocycles. The third-order valence-corrected chi connectivity index (χ3v) is 4.40. The van der Waals surface area contributed by atoms with Crippen molar-refractivity contribution < 1.29 is 0 Å². The molecule has 2 rings (SSSR count). The van der Waals surface area contributed by atoms with Crippen molar-refractivity contribution in [2.45, 2.75) is 25.9 Å². The van der Waals surface area contributed by atoms with E-state index in [0.29, 0.717) is 6.04 Å². The number of thiophene rings is 1. The molecule has 2 N–H and O–H groups in total. The van der Waals surface area contributed by atoms with Gasteiger partial charge >= 0.3 is 0 Å². The van der Waals surface area contributed by atoms with Crippen LogP contribution in [-0.4, -0.2) is 19.0 Å². The van der Waals surface area contributed by atoms with Crippen LogP contribution in [0.2, 0.25) is 0 Å². The highest BCUT2D eigenvalue weighted by atomic mass is 127. The number of halogens is 2. The largest absolute Gasteiger partial charge is 0.353 e. The average molecular weight is 430 g/mol. The molecule has 0 saturated heterocycles. The molecular formula is C11H17BrIN3S. The number of hydrogen-bond donors (Lipinski definition) is 2. The van der Waals surface area contributed by atoms with Crippen LogP contribution in [0.15, 0.2) is 20.9 Å². The Morgan fingerprint density at radius 1 is 1.65 bits per heavy atom. The molecule has 1 aromatic rings. The lowest BCUT2D eigenvalue weighted by molar-refractivity contribution is 0.766. The number of nitrogens with one attached hydrogen (secondary N) is 2. The lowest BCUT2D eigenvalue weighted by Gasteiger charge is -2.10. The van der Waals surface area contributed by atoms with Crippen LogP contribution >= 0.6 is 51.2 Å². The van der Waals surface area contributed by atoms with Gasteiger partial charge in [-0.3, -0.25) is 4.99 Å². The Morgan fingerprint density at radius 2 is 2.35 bits per heavy atom. The van der Waals surface area contributed by atoms with Crippen LogP contribution in [0.1, 0.15) is 18.2 Å². The highest BCUT2D eigenvalue weighted by Crippen LogP contribution is 2.28. The molecule has 2 unspecified atom stereocenters. The lowest BCUT2D eigenvalue weighted by Crippen LogP contribution is -2.38. The van der Waals surface area contributed by atoms with Crippen molar-refractivity contribution in [2.75, 3.05) is 7.05 Å². The molecule has 1 fully saturated rings. The van der Waals surface area contributed by atoms with E-state index in [1.54, 1.807) is 11.3 Å². The molecular weight excluding hydrogens is 413 g/mol. The van der Waals surface area contributed by atoms with Gasteiger partial charge in [0.2, 0.25) is 0 Å². The summed E-state index contributed by atoms with van der Waals surface area (Å²) in [4.78, 5) is 5.52. The minimum atomic E-state index is 0. The molecule has 2 atom stereocenters. The van der Waals surface area contributed by atoms with Gasteiger partial charge in [-0.2, -0.15) is 0 Å². The molecule has 17 heavy (non-hydrogen) atoms. The predicted molar refractivity (Wildman–Crippen MR) is 88.3 cm³/mol. The topological polar surface area (TPSA) is 36.4 Å². The Hall–Kier alpha value is 0.180. The smallest absolute Gasteiger partial charge is 0.191 e. The molecule has 1 saturated carbocycles. The van der Waals surface area contributed by atoms with Gasteiger partial charge in [0.15, 0.2) is 5.96 Å². The summed E-state index contributed by atoms with van der Waals surface area (Å²) in [6, 6.07) is 2.74. The van der Waals surface area contributed by atoms with Crippen molar-refractivity contribution in [3.63, 3.8) is 0 Å². The number of guanidine groups is 1. The third kappa shape index (κ3) is 4.75. The maximum atomic E-state index is 4.21. The molecule has 1 heterocycles. The molecule has 1 aliphatic carbocycles. The molecule has 1 aromatic heterocycles. The van der Waals surface area contributed by atoms with Crippen LogP contribution in [0.5, 0.6) is 0 Å². The highest BCUT2D eigenvalue weighted by Gasteiger charge is 2.33. The van der Waals surface area contributed by atoms with Crippen molar-refractivity contribution >= 4 is 57.2 Å². The Morgan fingerprint density at radius 3 is 2.82 bits per heavy atom. The molecule has 0 amide bonds. The zero-order valence-electron chi connectivity index (χ0n) is 9.87. The predicted octanol–water partition coefficient (Wildman–Crippen LogP) is 3.20. The third-order valence-electron chi connectivity index (χ3n) is 2.71. The van der Waals surface area contributed by atoms with Gasteiger partial charge in [-0.15, -0.1) is 35.3 Å². The zero-order valence-corrected chi connectivity index (χ0v) is 14.6. The van der Waals surface area contributed by atoms with Gasteiger partial charge in [0.25, 0.3) is 0 Å². The number of nitrogens with zero attached hydrogens (tertiary/aromatic N) is 1. The van der Waals surface area contributed by atoms with Crippen LogP contribution in [0, 0.1) is 5.92 Å². The first-order valence-electron chi connectivity index (χ1n) is 5.39. The van der Waals surface area contributed by atoms with E-state index >= 15 is 0 Å². The summed E-state index contributed by atoms with van der Waals surface area (Å²) in [6.45, 7) is 3.08. The van der Waals surface area contributed by atoms with Gasteiger partial charge in [0.05, 0.1) is 6.54 Å². The van der Waals surface area contributed by atoms with Crippen LogP contribution in [-0.2, 0) is 6.54 Å². The molecule has 3 nitrogen and oxygen atoms in total. The van der Waals surface area contributed by atoms with Crippen molar-refractivity contribution in [1.82, 2.24) is 10.6 Å². The van der Waals surface area contributed by atoms with E-state index < -0.39 is 0 Å². The summed E-state index contributed by atoms with van der Waals surface area (Å²) in [5.74, 6) is 1.69. The summed E-state index contributed by atoms with van der Waals surface area (Å²) in [5, 5.41) is 8.81. The Bertz CT molecular complexity index is 394.